The molecule has 0 radical (unpaired) electrons. The molecule has 0 fully saturated rings. The van der Waals surface area contributed by atoms with Crippen LogP contribution in [0.4, 0.5) is 11.5 Å². The van der Waals surface area contributed by atoms with Crippen molar-refractivity contribution in [2.45, 2.75) is 18.4 Å². The standard InChI is InChI=1S/C19H18ClN3O2S/c1-14-2-4-15(5-3-14)12-21-19-11-8-17(13-22-19)23-26(24,25)18-9-6-16(20)7-10-18/h2-11,13,23H,12H2,1H3,(H,21,22). The average Bonchev–Trinajstić information content (AvgIpc) is 2.62. The van der Waals surface area contributed by atoms with Gasteiger partial charge in [-0.05, 0) is 48.9 Å². The number of nitrogens with one attached hydrogen (secondary N) is 2. The fourth-order valence-electron chi connectivity index (χ4n) is 2.29. The predicted octanol–water partition coefficient (Wildman–Crippen LogP) is 4.46. The molecule has 3 rings (SSSR count). The summed E-state index contributed by atoms with van der Waals surface area (Å²) >= 11 is 5.79. The summed E-state index contributed by atoms with van der Waals surface area (Å²) in [7, 11) is -3.67. The quantitative estimate of drug-likeness (QED) is 0.655. The number of hydrogen-bond acceptors (Lipinski definition) is 4. The second-order valence-electron chi connectivity index (χ2n) is 5.83. The molecule has 134 valence electrons. The van der Waals surface area contributed by atoms with Gasteiger partial charge in [0.15, 0.2) is 0 Å². The topological polar surface area (TPSA) is 71.1 Å². The second-order valence-corrected chi connectivity index (χ2v) is 7.95. The maximum atomic E-state index is 12.3. The molecule has 0 unspecified atom stereocenters. The van der Waals surface area contributed by atoms with Crippen LogP contribution in [0.5, 0.6) is 0 Å². The highest BCUT2D eigenvalue weighted by Gasteiger charge is 2.14. The Bertz CT molecular complexity index is 971. The van der Waals surface area contributed by atoms with Gasteiger partial charge in [-0.1, -0.05) is 41.4 Å². The summed E-state index contributed by atoms with van der Waals surface area (Å²) in [6.07, 6.45) is 1.48. The lowest BCUT2D eigenvalue weighted by atomic mass is 10.1. The predicted molar refractivity (Wildman–Crippen MR) is 105 cm³/mol. The first-order chi connectivity index (χ1) is 12.4. The van der Waals surface area contributed by atoms with E-state index in [0.29, 0.717) is 23.1 Å². The summed E-state index contributed by atoms with van der Waals surface area (Å²) in [4.78, 5) is 4.39. The Labute approximate surface area is 158 Å². The van der Waals surface area contributed by atoms with Crippen LogP contribution in [0, 0.1) is 6.92 Å². The molecule has 0 aliphatic rings. The van der Waals surface area contributed by atoms with Gasteiger partial charge in [0.25, 0.3) is 10.0 Å². The highest BCUT2D eigenvalue weighted by atomic mass is 35.5. The fraction of sp³-hybridized carbons (Fsp3) is 0.105. The molecule has 2 N–H and O–H groups in total. The highest BCUT2D eigenvalue weighted by molar-refractivity contribution is 7.92. The van der Waals surface area contributed by atoms with Gasteiger partial charge in [-0.25, -0.2) is 13.4 Å². The van der Waals surface area contributed by atoms with E-state index >= 15 is 0 Å². The van der Waals surface area contributed by atoms with Gasteiger partial charge in [0.05, 0.1) is 16.8 Å². The Morgan fingerprint density at radius 1 is 0.962 bits per heavy atom. The Balaban J connectivity index is 1.63. The molecule has 1 heterocycles. The van der Waals surface area contributed by atoms with Crippen molar-refractivity contribution < 1.29 is 8.42 Å². The van der Waals surface area contributed by atoms with Crippen molar-refractivity contribution in [3.63, 3.8) is 0 Å². The third-order valence-electron chi connectivity index (χ3n) is 3.73. The van der Waals surface area contributed by atoms with E-state index in [-0.39, 0.29) is 4.90 Å². The summed E-state index contributed by atoms with van der Waals surface area (Å²) in [5.74, 6) is 0.667. The molecule has 0 saturated carbocycles. The number of hydrogen-bond donors (Lipinski definition) is 2. The highest BCUT2D eigenvalue weighted by Crippen LogP contribution is 2.19. The molecule has 0 spiro atoms. The fourth-order valence-corrected chi connectivity index (χ4v) is 3.45. The van der Waals surface area contributed by atoms with E-state index in [1.54, 1.807) is 12.1 Å². The van der Waals surface area contributed by atoms with E-state index in [1.165, 1.54) is 36.0 Å². The van der Waals surface area contributed by atoms with Gasteiger partial charge in [-0.15, -0.1) is 0 Å². The van der Waals surface area contributed by atoms with E-state index in [2.05, 4.69) is 39.3 Å². The van der Waals surface area contributed by atoms with E-state index in [9.17, 15) is 8.42 Å². The molecule has 0 bridgehead atoms. The van der Waals surface area contributed by atoms with Crippen LogP contribution in [0.1, 0.15) is 11.1 Å². The van der Waals surface area contributed by atoms with Crippen molar-refractivity contribution in [3.05, 3.63) is 83.0 Å². The minimum atomic E-state index is -3.67. The Morgan fingerprint density at radius 3 is 2.27 bits per heavy atom. The molecule has 0 aliphatic heterocycles. The number of anilines is 2. The van der Waals surface area contributed by atoms with E-state index < -0.39 is 10.0 Å². The maximum Gasteiger partial charge on any atom is 0.261 e. The number of pyridine rings is 1. The molecule has 0 atom stereocenters. The van der Waals surface area contributed by atoms with Crippen LogP contribution in [0.15, 0.2) is 71.8 Å². The average molecular weight is 388 g/mol. The van der Waals surface area contributed by atoms with Crippen molar-refractivity contribution in [1.82, 2.24) is 4.98 Å². The van der Waals surface area contributed by atoms with Gasteiger partial charge in [-0.3, -0.25) is 4.72 Å². The van der Waals surface area contributed by atoms with Crippen molar-refractivity contribution in [2.24, 2.45) is 0 Å². The molecule has 0 saturated heterocycles. The van der Waals surface area contributed by atoms with Crippen LogP contribution < -0.4 is 10.0 Å². The molecule has 5 nitrogen and oxygen atoms in total. The normalized spacial score (nSPS) is 11.2. The molecule has 0 amide bonds. The van der Waals surface area contributed by atoms with Crippen molar-refractivity contribution in [3.8, 4) is 0 Å². The summed E-state index contributed by atoms with van der Waals surface area (Å²) in [6, 6.07) is 17.6. The minimum Gasteiger partial charge on any atom is -0.366 e. The van der Waals surface area contributed by atoms with Gasteiger partial charge in [-0.2, -0.15) is 0 Å². The number of nitrogens with zero attached hydrogens (tertiary/aromatic N) is 1. The van der Waals surface area contributed by atoms with Crippen LogP contribution in [-0.4, -0.2) is 13.4 Å². The molecule has 0 aliphatic carbocycles. The van der Waals surface area contributed by atoms with Crippen molar-refractivity contribution in [1.29, 1.82) is 0 Å². The first-order valence-electron chi connectivity index (χ1n) is 7.96. The summed E-state index contributed by atoms with van der Waals surface area (Å²) in [5, 5.41) is 3.69. The number of aromatic nitrogens is 1. The van der Waals surface area contributed by atoms with Crippen LogP contribution in [0.3, 0.4) is 0 Å². The zero-order valence-electron chi connectivity index (χ0n) is 14.1. The van der Waals surface area contributed by atoms with Gasteiger partial charge in [0, 0.05) is 11.6 Å². The van der Waals surface area contributed by atoms with Gasteiger partial charge >= 0.3 is 0 Å². The Morgan fingerprint density at radius 2 is 1.65 bits per heavy atom. The Kier molecular flexibility index (Phi) is 5.44. The molecule has 26 heavy (non-hydrogen) atoms. The minimum absolute atomic E-state index is 0.142. The monoisotopic (exact) mass is 387 g/mol. The second kappa shape index (κ2) is 7.76. The van der Waals surface area contributed by atoms with Gasteiger partial charge in [0.1, 0.15) is 5.82 Å². The number of rotatable bonds is 6. The van der Waals surface area contributed by atoms with E-state index in [0.717, 1.165) is 5.56 Å². The van der Waals surface area contributed by atoms with Crippen molar-refractivity contribution in [2.75, 3.05) is 10.0 Å². The largest absolute Gasteiger partial charge is 0.366 e. The SMILES string of the molecule is Cc1ccc(CNc2ccc(NS(=O)(=O)c3ccc(Cl)cc3)cn2)cc1. The Hall–Kier alpha value is -2.57. The van der Waals surface area contributed by atoms with Crippen molar-refractivity contribution >= 4 is 33.1 Å². The summed E-state index contributed by atoms with van der Waals surface area (Å²) < 4.78 is 27.2. The third-order valence-corrected chi connectivity index (χ3v) is 5.38. The lowest BCUT2D eigenvalue weighted by Gasteiger charge is -2.10. The lowest BCUT2D eigenvalue weighted by molar-refractivity contribution is 0.601. The molecule has 3 aromatic rings. The smallest absolute Gasteiger partial charge is 0.261 e. The van der Waals surface area contributed by atoms with E-state index in [4.69, 9.17) is 11.6 Å². The first-order valence-corrected chi connectivity index (χ1v) is 9.82. The lowest BCUT2D eigenvalue weighted by Crippen LogP contribution is -2.13. The van der Waals surface area contributed by atoms with Crippen LogP contribution >= 0.6 is 11.6 Å². The van der Waals surface area contributed by atoms with E-state index in [1.807, 2.05) is 6.92 Å². The van der Waals surface area contributed by atoms with Gasteiger partial charge < -0.3 is 5.32 Å². The van der Waals surface area contributed by atoms with Crippen LogP contribution in [0.2, 0.25) is 5.02 Å². The molecular weight excluding hydrogens is 370 g/mol. The van der Waals surface area contributed by atoms with Crippen LogP contribution in [-0.2, 0) is 16.6 Å². The number of benzene rings is 2. The first kappa shape index (κ1) is 18.2. The molecule has 1 aromatic heterocycles. The number of aryl methyl sites for hydroxylation is 1. The summed E-state index contributed by atoms with van der Waals surface area (Å²) in [6.45, 7) is 2.69. The van der Waals surface area contributed by atoms with Gasteiger partial charge in [0.2, 0.25) is 0 Å². The molecule has 2 aromatic carbocycles. The maximum absolute atomic E-state index is 12.3. The summed E-state index contributed by atoms with van der Waals surface area (Å²) in [5.41, 5.74) is 2.75. The number of halogens is 1. The zero-order valence-corrected chi connectivity index (χ0v) is 15.7. The molecule has 7 heteroatoms. The molecular formula is C19H18ClN3O2S. The number of sulfonamides is 1. The zero-order chi connectivity index (χ0) is 18.6. The van der Waals surface area contributed by atoms with Crippen LogP contribution in [0.25, 0.3) is 0 Å². The third kappa shape index (κ3) is 4.74.